The minimum absolute atomic E-state index is 0.148. The van der Waals surface area contributed by atoms with Crippen molar-refractivity contribution < 1.29 is 4.39 Å². The van der Waals surface area contributed by atoms with Crippen molar-refractivity contribution in [1.29, 1.82) is 0 Å². The molecule has 3 aromatic heterocycles. The molecule has 5 heteroatoms. The number of nitrogens with zero attached hydrogens (tertiary/aromatic N) is 2. The number of H-pyrrole nitrogens is 1. The maximum atomic E-state index is 14.4. The SMILES string of the molecule is O=c1[nH]ccc2c(-c3cc(-c4ccccc4F)nc4ncccc34)cccc12. The highest BCUT2D eigenvalue weighted by atomic mass is 19.1. The van der Waals surface area contributed by atoms with Crippen LogP contribution in [0.5, 0.6) is 0 Å². The summed E-state index contributed by atoms with van der Waals surface area (Å²) in [6, 6.07) is 19.6. The molecule has 134 valence electrons. The second-order valence-electron chi connectivity index (χ2n) is 6.48. The maximum absolute atomic E-state index is 14.4. The molecule has 0 bridgehead atoms. The number of nitrogens with one attached hydrogen (secondary N) is 1. The van der Waals surface area contributed by atoms with Gasteiger partial charge in [-0.3, -0.25) is 4.79 Å². The number of fused-ring (bicyclic) bond motifs is 2. The predicted molar refractivity (Wildman–Crippen MR) is 108 cm³/mol. The molecule has 0 atom stereocenters. The molecule has 0 aliphatic rings. The van der Waals surface area contributed by atoms with Gasteiger partial charge in [0.2, 0.25) is 0 Å². The summed E-state index contributed by atoms with van der Waals surface area (Å²) in [5.41, 5.74) is 3.02. The van der Waals surface area contributed by atoms with E-state index in [1.807, 2.05) is 36.4 Å². The highest BCUT2D eigenvalue weighted by Crippen LogP contribution is 2.35. The summed E-state index contributed by atoms with van der Waals surface area (Å²) in [7, 11) is 0. The normalized spacial score (nSPS) is 11.2. The first kappa shape index (κ1) is 16.3. The minimum atomic E-state index is -0.342. The predicted octanol–water partition coefficient (Wildman–Crippen LogP) is 4.94. The lowest BCUT2D eigenvalue weighted by molar-refractivity contribution is 0.631. The van der Waals surface area contributed by atoms with Crippen LogP contribution in [0, 0.1) is 5.82 Å². The lowest BCUT2D eigenvalue weighted by Crippen LogP contribution is -2.04. The third kappa shape index (κ3) is 2.56. The van der Waals surface area contributed by atoms with E-state index in [4.69, 9.17) is 0 Å². The summed E-state index contributed by atoms with van der Waals surface area (Å²) < 4.78 is 14.4. The Bertz CT molecular complexity index is 1410. The number of aromatic amines is 1. The summed E-state index contributed by atoms with van der Waals surface area (Å²) >= 11 is 0. The molecule has 0 unspecified atom stereocenters. The van der Waals surface area contributed by atoms with Crippen LogP contribution in [0.25, 0.3) is 44.2 Å². The van der Waals surface area contributed by atoms with Gasteiger partial charge in [0.25, 0.3) is 5.56 Å². The van der Waals surface area contributed by atoms with Crippen LogP contribution in [-0.2, 0) is 0 Å². The number of aromatic nitrogens is 3. The summed E-state index contributed by atoms with van der Waals surface area (Å²) in [5, 5.41) is 2.26. The molecular formula is C23H14FN3O. The van der Waals surface area contributed by atoms with E-state index in [9.17, 15) is 9.18 Å². The third-order valence-electron chi connectivity index (χ3n) is 4.84. The molecule has 0 spiro atoms. The summed E-state index contributed by atoms with van der Waals surface area (Å²) in [4.78, 5) is 23.9. The minimum Gasteiger partial charge on any atom is -0.329 e. The monoisotopic (exact) mass is 367 g/mol. The zero-order valence-corrected chi connectivity index (χ0v) is 14.7. The number of halogens is 1. The first-order valence-corrected chi connectivity index (χ1v) is 8.84. The van der Waals surface area contributed by atoms with E-state index < -0.39 is 0 Å². The zero-order chi connectivity index (χ0) is 19.1. The Morgan fingerprint density at radius 3 is 2.50 bits per heavy atom. The first-order valence-electron chi connectivity index (χ1n) is 8.84. The van der Waals surface area contributed by atoms with Gasteiger partial charge in [-0.1, -0.05) is 24.3 Å². The standard InChI is InChI=1S/C23H14FN3O/c24-20-9-2-1-5-18(20)21-13-19(16-8-4-11-25-22(16)27-21)14-6-3-7-17-15(14)10-12-26-23(17)28/h1-13H,(H,26,28). The summed E-state index contributed by atoms with van der Waals surface area (Å²) in [6.07, 6.45) is 3.30. The molecule has 5 rings (SSSR count). The first-order chi connectivity index (χ1) is 13.7. The number of pyridine rings is 3. The van der Waals surface area contributed by atoms with Crippen LogP contribution in [0.3, 0.4) is 0 Å². The van der Waals surface area contributed by atoms with Crippen LogP contribution < -0.4 is 5.56 Å². The van der Waals surface area contributed by atoms with Gasteiger partial charge in [-0.15, -0.1) is 0 Å². The Hall–Kier alpha value is -3.86. The highest BCUT2D eigenvalue weighted by Gasteiger charge is 2.14. The zero-order valence-electron chi connectivity index (χ0n) is 14.7. The van der Waals surface area contributed by atoms with Crippen molar-refractivity contribution >= 4 is 21.8 Å². The van der Waals surface area contributed by atoms with Crippen LogP contribution in [0.2, 0.25) is 0 Å². The van der Waals surface area contributed by atoms with Gasteiger partial charge in [0, 0.05) is 28.7 Å². The Morgan fingerprint density at radius 1 is 0.786 bits per heavy atom. The quantitative estimate of drug-likeness (QED) is 0.480. The lowest BCUT2D eigenvalue weighted by Gasteiger charge is -2.12. The molecule has 0 saturated heterocycles. The fourth-order valence-electron chi connectivity index (χ4n) is 3.54. The van der Waals surface area contributed by atoms with E-state index in [2.05, 4.69) is 15.0 Å². The van der Waals surface area contributed by atoms with Crippen molar-refractivity contribution in [3.05, 3.63) is 95.3 Å². The lowest BCUT2D eigenvalue weighted by atomic mass is 9.95. The fraction of sp³-hybridized carbons (Fsp3) is 0. The smallest absolute Gasteiger partial charge is 0.255 e. The van der Waals surface area contributed by atoms with Crippen molar-refractivity contribution in [3.63, 3.8) is 0 Å². The molecule has 0 fully saturated rings. The fourth-order valence-corrected chi connectivity index (χ4v) is 3.54. The molecule has 28 heavy (non-hydrogen) atoms. The summed E-state index contributed by atoms with van der Waals surface area (Å²) in [5.74, 6) is -0.342. The maximum Gasteiger partial charge on any atom is 0.255 e. The summed E-state index contributed by atoms with van der Waals surface area (Å²) in [6.45, 7) is 0. The number of rotatable bonds is 2. The molecule has 3 heterocycles. The largest absolute Gasteiger partial charge is 0.329 e. The van der Waals surface area contributed by atoms with Crippen LogP contribution >= 0.6 is 0 Å². The number of hydrogen-bond acceptors (Lipinski definition) is 3. The molecule has 1 N–H and O–H groups in total. The molecule has 4 nitrogen and oxygen atoms in total. The Labute approximate surface area is 159 Å². The molecule has 0 saturated carbocycles. The topological polar surface area (TPSA) is 58.6 Å². The van der Waals surface area contributed by atoms with E-state index in [0.717, 1.165) is 21.9 Å². The van der Waals surface area contributed by atoms with Crippen molar-refractivity contribution in [2.45, 2.75) is 0 Å². The van der Waals surface area contributed by atoms with Gasteiger partial charge in [-0.25, -0.2) is 14.4 Å². The van der Waals surface area contributed by atoms with E-state index in [-0.39, 0.29) is 11.4 Å². The Morgan fingerprint density at radius 2 is 1.61 bits per heavy atom. The molecule has 2 aromatic carbocycles. The second-order valence-corrected chi connectivity index (χ2v) is 6.48. The van der Waals surface area contributed by atoms with E-state index in [0.29, 0.717) is 22.3 Å². The van der Waals surface area contributed by atoms with Gasteiger partial charge >= 0.3 is 0 Å². The Kier molecular flexibility index (Phi) is 3.72. The molecule has 0 aliphatic heterocycles. The number of benzene rings is 2. The van der Waals surface area contributed by atoms with Gasteiger partial charge in [0.05, 0.1) is 5.69 Å². The molecule has 5 aromatic rings. The van der Waals surface area contributed by atoms with Gasteiger partial charge in [-0.05, 0) is 59.0 Å². The van der Waals surface area contributed by atoms with Crippen LogP contribution in [0.15, 0.2) is 83.9 Å². The van der Waals surface area contributed by atoms with Crippen molar-refractivity contribution in [2.75, 3.05) is 0 Å². The van der Waals surface area contributed by atoms with Crippen molar-refractivity contribution in [3.8, 4) is 22.4 Å². The average Bonchev–Trinajstić information content (AvgIpc) is 2.73. The van der Waals surface area contributed by atoms with Crippen molar-refractivity contribution in [2.24, 2.45) is 0 Å². The second kappa shape index (κ2) is 6.39. The van der Waals surface area contributed by atoms with Crippen LogP contribution in [0.4, 0.5) is 4.39 Å². The van der Waals surface area contributed by atoms with E-state index in [1.165, 1.54) is 6.07 Å². The van der Waals surface area contributed by atoms with Crippen molar-refractivity contribution in [1.82, 2.24) is 15.0 Å². The van der Waals surface area contributed by atoms with Gasteiger partial charge < -0.3 is 4.98 Å². The van der Waals surface area contributed by atoms with Crippen LogP contribution in [0.1, 0.15) is 0 Å². The molecule has 0 aliphatic carbocycles. The third-order valence-corrected chi connectivity index (χ3v) is 4.84. The number of hydrogen-bond donors (Lipinski definition) is 1. The van der Waals surface area contributed by atoms with Crippen LogP contribution in [-0.4, -0.2) is 15.0 Å². The van der Waals surface area contributed by atoms with E-state index in [1.54, 1.807) is 36.7 Å². The van der Waals surface area contributed by atoms with E-state index >= 15 is 0 Å². The van der Waals surface area contributed by atoms with Gasteiger partial charge in [-0.2, -0.15) is 0 Å². The molecule has 0 radical (unpaired) electrons. The Balaban J connectivity index is 1.89. The van der Waals surface area contributed by atoms with Gasteiger partial charge in [0.1, 0.15) is 5.82 Å². The van der Waals surface area contributed by atoms with Gasteiger partial charge in [0.15, 0.2) is 5.65 Å². The average molecular weight is 367 g/mol. The molecular weight excluding hydrogens is 353 g/mol. The highest BCUT2D eigenvalue weighted by molar-refractivity contribution is 6.04. The molecule has 0 amide bonds.